The molecule has 0 radical (unpaired) electrons. The van der Waals surface area contributed by atoms with Gasteiger partial charge >= 0.3 is 0 Å². The summed E-state index contributed by atoms with van der Waals surface area (Å²) < 4.78 is 6.76. The van der Waals surface area contributed by atoms with Gasteiger partial charge in [0.1, 0.15) is 5.75 Å². The van der Waals surface area contributed by atoms with E-state index in [2.05, 4.69) is 46.6 Å². The minimum atomic E-state index is 0.363. The van der Waals surface area contributed by atoms with Gasteiger partial charge in [0.2, 0.25) is 0 Å². The van der Waals surface area contributed by atoms with Gasteiger partial charge in [0, 0.05) is 17.3 Å². The molecule has 0 aromatic heterocycles. The van der Waals surface area contributed by atoms with Crippen molar-refractivity contribution >= 4 is 27.7 Å². The Balaban J connectivity index is 1.97. The predicted octanol–water partition coefficient (Wildman–Crippen LogP) is 4.78. The summed E-state index contributed by atoms with van der Waals surface area (Å²) in [6.45, 7) is 3.33. The molecule has 0 heterocycles. The van der Waals surface area contributed by atoms with Gasteiger partial charge in [-0.2, -0.15) is 11.8 Å². The lowest BCUT2D eigenvalue weighted by Crippen LogP contribution is -2.36. The van der Waals surface area contributed by atoms with Crippen LogP contribution in [0.3, 0.4) is 0 Å². The number of benzene rings is 1. The molecule has 4 heteroatoms. The maximum atomic E-state index is 5.28. The summed E-state index contributed by atoms with van der Waals surface area (Å²) in [7, 11) is 1.70. The molecule has 0 aliphatic heterocycles. The Kier molecular flexibility index (Phi) is 5.82. The number of rotatable bonds is 6. The van der Waals surface area contributed by atoms with Crippen molar-refractivity contribution in [3.63, 3.8) is 0 Å². The molecule has 1 unspecified atom stereocenters. The molecule has 1 aliphatic carbocycles. The summed E-state index contributed by atoms with van der Waals surface area (Å²) in [6.07, 6.45) is 7.71. The zero-order chi connectivity index (χ0) is 14.6. The van der Waals surface area contributed by atoms with Gasteiger partial charge < -0.3 is 10.1 Å². The van der Waals surface area contributed by atoms with Crippen molar-refractivity contribution in [1.82, 2.24) is 5.32 Å². The number of thioether (sulfide) groups is 1. The van der Waals surface area contributed by atoms with E-state index in [1.165, 1.54) is 31.2 Å². The molecule has 1 atom stereocenters. The summed E-state index contributed by atoms with van der Waals surface area (Å²) in [4.78, 5) is 0. The van der Waals surface area contributed by atoms with Crippen LogP contribution < -0.4 is 10.1 Å². The van der Waals surface area contributed by atoms with Crippen molar-refractivity contribution in [1.29, 1.82) is 0 Å². The fourth-order valence-electron chi connectivity index (χ4n) is 2.88. The average molecular weight is 358 g/mol. The lowest BCUT2D eigenvalue weighted by molar-refractivity contribution is 0.411. The fraction of sp³-hybridized carbons (Fsp3) is 0.625. The molecule has 0 spiro atoms. The third-order valence-electron chi connectivity index (χ3n) is 4.35. The van der Waals surface area contributed by atoms with Crippen LogP contribution in [-0.2, 0) is 0 Å². The third-order valence-corrected chi connectivity index (χ3v) is 6.39. The third kappa shape index (κ3) is 3.71. The Morgan fingerprint density at radius 3 is 2.65 bits per heavy atom. The van der Waals surface area contributed by atoms with Crippen molar-refractivity contribution in [2.75, 3.05) is 19.9 Å². The summed E-state index contributed by atoms with van der Waals surface area (Å²) in [5.74, 6) is 0.886. The molecular formula is C16H24BrNOS. The fourth-order valence-corrected chi connectivity index (χ4v) is 4.36. The van der Waals surface area contributed by atoms with Crippen molar-refractivity contribution in [2.24, 2.45) is 0 Å². The quantitative estimate of drug-likeness (QED) is 0.790. The van der Waals surface area contributed by atoms with Crippen LogP contribution in [0.4, 0.5) is 0 Å². The minimum Gasteiger partial charge on any atom is -0.496 e. The van der Waals surface area contributed by atoms with Crippen LogP contribution in [0.5, 0.6) is 5.75 Å². The van der Waals surface area contributed by atoms with E-state index in [1.807, 2.05) is 17.8 Å². The molecule has 1 aromatic rings. The van der Waals surface area contributed by atoms with Gasteiger partial charge in [0.25, 0.3) is 0 Å². The van der Waals surface area contributed by atoms with Crippen LogP contribution in [0.25, 0.3) is 0 Å². The molecule has 0 amide bonds. The van der Waals surface area contributed by atoms with E-state index in [9.17, 15) is 0 Å². The second-order valence-corrected chi connectivity index (χ2v) is 7.72. The van der Waals surface area contributed by atoms with E-state index >= 15 is 0 Å². The van der Waals surface area contributed by atoms with E-state index in [0.29, 0.717) is 10.8 Å². The maximum Gasteiger partial charge on any atom is 0.133 e. The molecule has 20 heavy (non-hydrogen) atoms. The lowest BCUT2D eigenvalue weighted by atomic mass is 10.0. The number of halogens is 1. The molecule has 0 saturated heterocycles. The van der Waals surface area contributed by atoms with Crippen LogP contribution in [0.15, 0.2) is 22.7 Å². The molecule has 0 bridgehead atoms. The topological polar surface area (TPSA) is 21.3 Å². The number of hydrogen-bond donors (Lipinski definition) is 1. The van der Waals surface area contributed by atoms with Crippen LogP contribution in [-0.4, -0.2) is 24.7 Å². The van der Waals surface area contributed by atoms with Gasteiger partial charge in [-0.3, -0.25) is 0 Å². The Labute approximate surface area is 135 Å². The first kappa shape index (κ1) is 16.2. The van der Waals surface area contributed by atoms with E-state index in [4.69, 9.17) is 4.74 Å². The zero-order valence-corrected chi connectivity index (χ0v) is 14.9. The lowest BCUT2D eigenvalue weighted by Gasteiger charge is -2.29. The van der Waals surface area contributed by atoms with Crippen LogP contribution in [0.1, 0.15) is 44.2 Å². The van der Waals surface area contributed by atoms with E-state index in [0.717, 1.165) is 16.8 Å². The highest BCUT2D eigenvalue weighted by Gasteiger charge is 2.32. The Morgan fingerprint density at radius 1 is 1.40 bits per heavy atom. The molecule has 1 aliphatic rings. The van der Waals surface area contributed by atoms with E-state index in [1.54, 1.807) is 7.11 Å². The highest BCUT2D eigenvalue weighted by molar-refractivity contribution is 9.10. The monoisotopic (exact) mass is 357 g/mol. The molecule has 1 saturated carbocycles. The second-order valence-electron chi connectivity index (χ2n) is 5.59. The molecule has 112 valence electrons. The van der Waals surface area contributed by atoms with Gasteiger partial charge in [-0.15, -0.1) is 0 Å². The molecule has 1 N–H and O–H groups in total. The van der Waals surface area contributed by atoms with E-state index in [-0.39, 0.29) is 0 Å². The molecule has 1 aromatic carbocycles. The summed E-state index contributed by atoms with van der Waals surface area (Å²) in [6, 6.07) is 6.68. The first-order valence-corrected chi connectivity index (χ1v) is 9.24. The second kappa shape index (κ2) is 7.19. The van der Waals surface area contributed by atoms with Gasteiger partial charge in [-0.1, -0.05) is 18.9 Å². The molecular weight excluding hydrogens is 334 g/mol. The summed E-state index contributed by atoms with van der Waals surface area (Å²) in [5, 5.41) is 3.71. The van der Waals surface area contributed by atoms with Crippen LogP contribution >= 0.6 is 27.7 Å². The highest BCUT2D eigenvalue weighted by atomic mass is 79.9. The number of nitrogens with one attached hydrogen (secondary N) is 1. The molecule has 1 fully saturated rings. The predicted molar refractivity (Wildman–Crippen MR) is 91.8 cm³/mol. The SMILES string of the molecule is COc1ccc(C(C)NCC2(SC)CCCC2)cc1Br. The number of ether oxygens (including phenoxy) is 1. The Hall–Kier alpha value is -0.190. The zero-order valence-electron chi connectivity index (χ0n) is 12.5. The van der Waals surface area contributed by atoms with Gasteiger partial charge in [0.05, 0.1) is 11.6 Å². The van der Waals surface area contributed by atoms with Gasteiger partial charge in [-0.25, -0.2) is 0 Å². The van der Waals surface area contributed by atoms with Gasteiger partial charge in [-0.05, 0) is 59.6 Å². The van der Waals surface area contributed by atoms with Crippen molar-refractivity contribution in [3.8, 4) is 5.75 Å². The van der Waals surface area contributed by atoms with Crippen LogP contribution in [0.2, 0.25) is 0 Å². The highest BCUT2D eigenvalue weighted by Crippen LogP contribution is 2.40. The molecule has 2 rings (SSSR count). The van der Waals surface area contributed by atoms with Crippen molar-refractivity contribution in [2.45, 2.75) is 43.4 Å². The smallest absolute Gasteiger partial charge is 0.133 e. The summed E-state index contributed by atoms with van der Waals surface area (Å²) >= 11 is 5.59. The Morgan fingerprint density at radius 2 is 2.10 bits per heavy atom. The average Bonchev–Trinajstić information content (AvgIpc) is 2.94. The Bertz CT molecular complexity index is 446. The van der Waals surface area contributed by atoms with Crippen molar-refractivity contribution in [3.05, 3.63) is 28.2 Å². The number of methoxy groups -OCH3 is 1. The standard InChI is InChI=1S/C16H24BrNOS/c1-12(13-6-7-15(19-2)14(17)10-13)18-11-16(20-3)8-4-5-9-16/h6-7,10,12,18H,4-5,8-9,11H2,1-3H3. The van der Waals surface area contributed by atoms with Crippen LogP contribution in [0, 0.1) is 0 Å². The maximum absolute atomic E-state index is 5.28. The van der Waals surface area contributed by atoms with E-state index < -0.39 is 0 Å². The normalized spacial score (nSPS) is 19.0. The van der Waals surface area contributed by atoms with Gasteiger partial charge in [0.15, 0.2) is 0 Å². The number of hydrogen-bond acceptors (Lipinski definition) is 3. The largest absolute Gasteiger partial charge is 0.496 e. The first-order chi connectivity index (χ1) is 9.60. The minimum absolute atomic E-state index is 0.363. The first-order valence-electron chi connectivity index (χ1n) is 7.22. The van der Waals surface area contributed by atoms with Crippen molar-refractivity contribution < 1.29 is 4.74 Å². The molecule has 2 nitrogen and oxygen atoms in total. The summed E-state index contributed by atoms with van der Waals surface area (Å²) in [5.41, 5.74) is 1.30.